The van der Waals surface area contributed by atoms with Crippen LogP contribution in [0.2, 0.25) is 0 Å². The third-order valence-electron chi connectivity index (χ3n) is 3.57. The first kappa shape index (κ1) is 19.6. The van der Waals surface area contributed by atoms with E-state index in [2.05, 4.69) is 5.32 Å². The predicted octanol–water partition coefficient (Wildman–Crippen LogP) is 3.67. The summed E-state index contributed by atoms with van der Waals surface area (Å²) < 4.78 is 48.1. The number of aliphatic hydroxyl groups is 1. The fourth-order valence-electron chi connectivity index (χ4n) is 2.23. The number of alkyl halides is 3. The van der Waals surface area contributed by atoms with Crippen molar-refractivity contribution in [3.63, 3.8) is 0 Å². The Labute approximate surface area is 148 Å². The molecule has 140 valence electrons. The first-order valence-corrected chi connectivity index (χ1v) is 7.69. The van der Waals surface area contributed by atoms with Gasteiger partial charge < -0.3 is 19.9 Å². The molecule has 2 aromatic carbocycles. The summed E-state index contributed by atoms with van der Waals surface area (Å²) in [5, 5.41) is 12.5. The minimum atomic E-state index is -4.52. The highest BCUT2D eigenvalue weighted by atomic mass is 19.4. The van der Waals surface area contributed by atoms with Crippen LogP contribution in [0.5, 0.6) is 5.75 Å². The summed E-state index contributed by atoms with van der Waals surface area (Å²) in [5.74, 6) is -0.119. The van der Waals surface area contributed by atoms with E-state index in [0.29, 0.717) is 0 Å². The molecule has 8 heteroatoms. The summed E-state index contributed by atoms with van der Waals surface area (Å²) in [7, 11) is 1.20. The van der Waals surface area contributed by atoms with Crippen LogP contribution in [-0.2, 0) is 17.5 Å². The van der Waals surface area contributed by atoms with Gasteiger partial charge in [0, 0.05) is 5.56 Å². The van der Waals surface area contributed by atoms with Crippen LogP contribution >= 0.6 is 0 Å². The number of ether oxygens (including phenoxy) is 2. The van der Waals surface area contributed by atoms with Gasteiger partial charge in [-0.3, -0.25) is 0 Å². The number of carbonyl (C=O) groups is 1. The normalized spacial score (nSPS) is 12.3. The number of hydrogen-bond acceptors (Lipinski definition) is 4. The van der Waals surface area contributed by atoms with E-state index < -0.39 is 23.9 Å². The quantitative estimate of drug-likeness (QED) is 0.815. The Morgan fingerprint density at radius 2 is 1.88 bits per heavy atom. The number of benzene rings is 2. The molecule has 0 bridgehead atoms. The molecule has 1 unspecified atom stereocenters. The van der Waals surface area contributed by atoms with E-state index in [-0.39, 0.29) is 24.5 Å². The lowest BCUT2D eigenvalue weighted by Crippen LogP contribution is -2.29. The van der Waals surface area contributed by atoms with Crippen LogP contribution in [0, 0.1) is 0 Å². The van der Waals surface area contributed by atoms with E-state index in [9.17, 15) is 23.1 Å². The summed E-state index contributed by atoms with van der Waals surface area (Å²) in [6.07, 6.45) is -6.52. The van der Waals surface area contributed by atoms with E-state index >= 15 is 0 Å². The standard InChI is InChI=1S/C18H18F3NO4/c1-25-16-9-13(18(19,20)21)7-8-14(16)15(23)10-22-17(24)26-11-12-5-3-2-4-6-12/h2-9,15,23H,10-11H2,1H3,(H,22,24). The Bertz CT molecular complexity index is 735. The Morgan fingerprint density at radius 1 is 1.19 bits per heavy atom. The number of amides is 1. The lowest BCUT2D eigenvalue weighted by Gasteiger charge is -2.17. The molecule has 2 N–H and O–H groups in total. The summed E-state index contributed by atoms with van der Waals surface area (Å²) in [6.45, 7) is -0.179. The van der Waals surface area contributed by atoms with Crippen LogP contribution in [0.15, 0.2) is 48.5 Å². The molecule has 2 rings (SSSR count). The van der Waals surface area contributed by atoms with Gasteiger partial charge in [-0.2, -0.15) is 13.2 Å². The molecule has 0 aliphatic carbocycles. The van der Waals surface area contributed by atoms with Gasteiger partial charge in [-0.25, -0.2) is 4.79 Å². The van der Waals surface area contributed by atoms with E-state index in [0.717, 1.165) is 23.8 Å². The molecule has 5 nitrogen and oxygen atoms in total. The molecule has 0 saturated carbocycles. The molecule has 0 aliphatic heterocycles. The van der Waals surface area contributed by atoms with Crippen LogP contribution in [0.25, 0.3) is 0 Å². The fourth-order valence-corrected chi connectivity index (χ4v) is 2.23. The van der Waals surface area contributed by atoms with Crippen molar-refractivity contribution in [2.75, 3.05) is 13.7 Å². The maximum absolute atomic E-state index is 12.7. The van der Waals surface area contributed by atoms with Crippen LogP contribution < -0.4 is 10.1 Å². The average molecular weight is 369 g/mol. The van der Waals surface area contributed by atoms with E-state index in [4.69, 9.17) is 9.47 Å². The van der Waals surface area contributed by atoms with Crippen LogP contribution in [-0.4, -0.2) is 24.9 Å². The first-order chi connectivity index (χ1) is 12.3. The lowest BCUT2D eigenvalue weighted by atomic mass is 10.0. The van der Waals surface area contributed by atoms with E-state index in [1.165, 1.54) is 7.11 Å². The van der Waals surface area contributed by atoms with E-state index in [1.807, 2.05) is 6.07 Å². The van der Waals surface area contributed by atoms with Crippen molar-refractivity contribution in [2.24, 2.45) is 0 Å². The minimum absolute atomic E-state index is 0.0619. The largest absolute Gasteiger partial charge is 0.496 e. The number of carbonyl (C=O) groups excluding carboxylic acids is 1. The Balaban J connectivity index is 1.92. The van der Waals surface area contributed by atoms with Crippen molar-refractivity contribution >= 4 is 6.09 Å². The minimum Gasteiger partial charge on any atom is -0.496 e. The summed E-state index contributed by atoms with van der Waals surface area (Å²) in [5.41, 5.74) is 0.0389. The van der Waals surface area contributed by atoms with Gasteiger partial charge in [0.25, 0.3) is 0 Å². The predicted molar refractivity (Wildman–Crippen MR) is 87.6 cm³/mol. The molecule has 0 fully saturated rings. The van der Waals surface area contributed by atoms with Crippen molar-refractivity contribution in [3.05, 3.63) is 65.2 Å². The molecule has 0 aromatic heterocycles. The van der Waals surface area contributed by atoms with Crippen molar-refractivity contribution < 1.29 is 32.5 Å². The Hall–Kier alpha value is -2.74. The molecule has 0 radical (unpaired) electrons. The smallest absolute Gasteiger partial charge is 0.416 e. The molecule has 1 amide bonds. The molecule has 2 aromatic rings. The van der Waals surface area contributed by atoms with Gasteiger partial charge in [0.05, 0.1) is 25.3 Å². The maximum Gasteiger partial charge on any atom is 0.416 e. The summed E-state index contributed by atoms with van der Waals surface area (Å²) in [6, 6.07) is 11.8. The molecule has 0 aliphatic rings. The number of nitrogens with one attached hydrogen (secondary N) is 1. The summed E-state index contributed by atoms with van der Waals surface area (Å²) >= 11 is 0. The molecule has 0 spiro atoms. The molecule has 0 saturated heterocycles. The third kappa shape index (κ3) is 5.38. The number of aliphatic hydroxyl groups excluding tert-OH is 1. The lowest BCUT2D eigenvalue weighted by molar-refractivity contribution is -0.137. The average Bonchev–Trinajstić information content (AvgIpc) is 2.64. The highest BCUT2D eigenvalue weighted by Gasteiger charge is 2.31. The Kier molecular flexibility index (Phi) is 6.46. The highest BCUT2D eigenvalue weighted by Crippen LogP contribution is 2.34. The highest BCUT2D eigenvalue weighted by molar-refractivity contribution is 5.67. The van der Waals surface area contributed by atoms with Crippen molar-refractivity contribution in [1.29, 1.82) is 0 Å². The first-order valence-electron chi connectivity index (χ1n) is 7.69. The molecular formula is C18H18F3NO4. The second-order valence-corrected chi connectivity index (χ2v) is 5.41. The van der Waals surface area contributed by atoms with Gasteiger partial charge in [-0.1, -0.05) is 36.4 Å². The number of rotatable bonds is 6. The molecule has 0 heterocycles. The summed E-state index contributed by atoms with van der Waals surface area (Å²) in [4.78, 5) is 11.7. The van der Waals surface area contributed by atoms with Gasteiger partial charge in [-0.05, 0) is 17.7 Å². The Morgan fingerprint density at radius 3 is 2.50 bits per heavy atom. The van der Waals surface area contributed by atoms with Crippen LogP contribution in [0.3, 0.4) is 0 Å². The zero-order valence-corrected chi connectivity index (χ0v) is 13.9. The molecule has 1 atom stereocenters. The molecule has 26 heavy (non-hydrogen) atoms. The number of alkyl carbamates (subject to hydrolysis) is 1. The molecular weight excluding hydrogens is 351 g/mol. The second-order valence-electron chi connectivity index (χ2n) is 5.41. The van der Waals surface area contributed by atoms with Gasteiger partial charge in [-0.15, -0.1) is 0 Å². The zero-order valence-electron chi connectivity index (χ0n) is 13.9. The topological polar surface area (TPSA) is 67.8 Å². The van der Waals surface area contributed by atoms with Crippen LogP contribution in [0.1, 0.15) is 22.8 Å². The van der Waals surface area contributed by atoms with Gasteiger partial charge in [0.1, 0.15) is 12.4 Å². The van der Waals surface area contributed by atoms with Gasteiger partial charge in [0.15, 0.2) is 0 Å². The monoisotopic (exact) mass is 369 g/mol. The van der Waals surface area contributed by atoms with Gasteiger partial charge in [0.2, 0.25) is 0 Å². The second kappa shape index (κ2) is 8.57. The van der Waals surface area contributed by atoms with Crippen LogP contribution in [0.4, 0.5) is 18.0 Å². The number of halogens is 3. The number of methoxy groups -OCH3 is 1. The maximum atomic E-state index is 12.7. The third-order valence-corrected chi connectivity index (χ3v) is 3.57. The SMILES string of the molecule is COc1cc(C(F)(F)F)ccc1C(O)CNC(=O)OCc1ccccc1. The van der Waals surface area contributed by atoms with Crippen molar-refractivity contribution in [1.82, 2.24) is 5.32 Å². The van der Waals surface area contributed by atoms with Crippen molar-refractivity contribution in [2.45, 2.75) is 18.9 Å². The zero-order chi connectivity index (χ0) is 19.2. The van der Waals surface area contributed by atoms with Crippen molar-refractivity contribution in [3.8, 4) is 5.75 Å². The number of hydrogen-bond donors (Lipinski definition) is 2. The fraction of sp³-hybridized carbons (Fsp3) is 0.278. The van der Waals surface area contributed by atoms with E-state index in [1.54, 1.807) is 24.3 Å². The van der Waals surface area contributed by atoms with Gasteiger partial charge >= 0.3 is 12.3 Å².